The van der Waals surface area contributed by atoms with E-state index in [9.17, 15) is 19.4 Å². The molecule has 0 aromatic heterocycles. The number of nitrogens with one attached hydrogen (secondary N) is 1. The Hall–Kier alpha value is -1.28. The summed E-state index contributed by atoms with van der Waals surface area (Å²) in [4.78, 5) is 23.1. The molecule has 0 aromatic carbocycles. The highest BCUT2D eigenvalue weighted by Crippen LogP contribution is 2.43. The fourth-order valence-corrected chi connectivity index (χ4v) is 9.67. The third kappa shape index (κ3) is 54.3. The van der Waals surface area contributed by atoms with Gasteiger partial charge in [-0.3, -0.25) is 13.8 Å². The maximum Gasteiger partial charge on any atom is 0.472 e. The highest BCUT2D eigenvalue weighted by molar-refractivity contribution is 7.47. The third-order valence-electron chi connectivity index (χ3n) is 13.6. The highest BCUT2D eigenvalue weighted by Gasteiger charge is 2.28. The second kappa shape index (κ2) is 51.6. The number of nitrogens with zero attached hydrogens (tertiary/aromatic N) is 1. The average Bonchev–Trinajstić information content (AvgIpc) is 3.31. The van der Waals surface area contributed by atoms with E-state index in [0.717, 1.165) is 51.4 Å². The number of hydrogen-bond donors (Lipinski definition) is 3. The van der Waals surface area contributed by atoms with Crippen LogP contribution in [0.5, 0.6) is 0 Å². The Kier molecular flexibility index (Phi) is 50.7. The van der Waals surface area contributed by atoms with Crippen molar-refractivity contribution >= 4 is 13.7 Å². The normalized spacial score (nSPS) is 14.1. The molecule has 0 rings (SSSR count). The molecule has 1 amide bonds. The van der Waals surface area contributed by atoms with Crippen LogP contribution < -0.4 is 5.32 Å². The Morgan fingerprint density at radius 1 is 0.493 bits per heavy atom. The van der Waals surface area contributed by atoms with Gasteiger partial charge in [-0.05, 0) is 51.4 Å². The van der Waals surface area contributed by atoms with E-state index < -0.39 is 20.0 Å². The Morgan fingerprint density at radius 2 is 0.826 bits per heavy atom. The van der Waals surface area contributed by atoms with Gasteiger partial charge in [-0.1, -0.05) is 269 Å². The fraction of sp³-hybridized carbons (Fsp3) is 0.883. The van der Waals surface area contributed by atoms with Crippen molar-refractivity contribution in [1.29, 1.82) is 0 Å². The summed E-state index contributed by atoms with van der Waals surface area (Å²) >= 11 is 0. The van der Waals surface area contributed by atoms with Crippen molar-refractivity contribution in [2.24, 2.45) is 0 Å². The van der Waals surface area contributed by atoms with E-state index in [-0.39, 0.29) is 19.1 Å². The molecule has 3 unspecified atom stereocenters. The first-order valence-electron chi connectivity index (χ1n) is 29.9. The van der Waals surface area contributed by atoms with Gasteiger partial charge in [0.25, 0.3) is 0 Å². The number of carbonyl (C=O) groups excluding carboxylic acids is 1. The van der Waals surface area contributed by atoms with Gasteiger partial charge in [0.1, 0.15) is 13.2 Å². The first-order chi connectivity index (χ1) is 33.5. The van der Waals surface area contributed by atoms with Gasteiger partial charge >= 0.3 is 7.82 Å². The minimum absolute atomic E-state index is 0.0760. The van der Waals surface area contributed by atoms with Gasteiger partial charge < -0.3 is 19.8 Å². The van der Waals surface area contributed by atoms with Gasteiger partial charge in [-0.15, -0.1) is 0 Å². The average molecular weight is 995 g/mol. The minimum atomic E-state index is -4.30. The van der Waals surface area contributed by atoms with E-state index >= 15 is 0 Å². The quantitative estimate of drug-likeness (QED) is 0.0243. The van der Waals surface area contributed by atoms with Crippen molar-refractivity contribution in [1.82, 2.24) is 5.32 Å². The van der Waals surface area contributed by atoms with Crippen molar-refractivity contribution in [3.05, 3.63) is 36.5 Å². The lowest BCUT2D eigenvalue weighted by Crippen LogP contribution is -2.46. The first kappa shape index (κ1) is 67.7. The number of rotatable bonds is 55. The molecule has 3 atom stereocenters. The monoisotopic (exact) mass is 994 g/mol. The molecular weight excluding hydrogens is 876 g/mol. The van der Waals surface area contributed by atoms with Crippen molar-refractivity contribution in [3.8, 4) is 0 Å². The molecule has 0 aliphatic carbocycles. The molecule has 3 N–H and O–H groups in total. The van der Waals surface area contributed by atoms with Gasteiger partial charge in [0.05, 0.1) is 39.9 Å². The zero-order valence-corrected chi connectivity index (χ0v) is 47.5. The Labute approximate surface area is 429 Å². The lowest BCUT2D eigenvalue weighted by atomic mass is 10.0. The van der Waals surface area contributed by atoms with Crippen molar-refractivity contribution in [2.75, 3.05) is 40.9 Å². The molecule has 8 nitrogen and oxygen atoms in total. The number of unbranched alkanes of at least 4 members (excludes halogenated alkanes) is 36. The highest BCUT2D eigenvalue weighted by atomic mass is 31.2. The molecular formula is C60H118N2O6P+. The van der Waals surface area contributed by atoms with Gasteiger partial charge in [0.15, 0.2) is 0 Å². The molecule has 0 bridgehead atoms. The summed E-state index contributed by atoms with van der Waals surface area (Å²) in [6.07, 6.45) is 67.1. The summed E-state index contributed by atoms with van der Waals surface area (Å²) in [6, 6.07) is -0.754. The molecule has 0 heterocycles. The van der Waals surface area contributed by atoms with Crippen LogP contribution in [0, 0.1) is 0 Å². The predicted octanol–water partition coefficient (Wildman–Crippen LogP) is 18.2. The van der Waals surface area contributed by atoms with E-state index in [1.807, 2.05) is 21.1 Å². The lowest BCUT2D eigenvalue weighted by Gasteiger charge is -2.26. The summed E-state index contributed by atoms with van der Waals surface area (Å²) in [5.74, 6) is -0.145. The van der Waals surface area contributed by atoms with Crippen LogP contribution in [0.4, 0.5) is 0 Å². The number of phosphoric acid groups is 1. The number of aliphatic hydroxyl groups is 1. The van der Waals surface area contributed by atoms with Crippen molar-refractivity contribution in [2.45, 2.75) is 302 Å². The number of allylic oxidation sites excluding steroid dienone is 6. The zero-order valence-electron chi connectivity index (χ0n) is 46.6. The van der Waals surface area contributed by atoms with Crippen LogP contribution in [-0.4, -0.2) is 73.4 Å². The molecule has 9 heteroatoms. The van der Waals surface area contributed by atoms with Crippen LogP contribution >= 0.6 is 7.82 Å². The van der Waals surface area contributed by atoms with Gasteiger partial charge in [0, 0.05) is 6.42 Å². The van der Waals surface area contributed by atoms with Gasteiger partial charge in [0.2, 0.25) is 5.91 Å². The van der Waals surface area contributed by atoms with Crippen LogP contribution in [0.2, 0.25) is 0 Å². The van der Waals surface area contributed by atoms with E-state index in [2.05, 4.69) is 55.6 Å². The molecule has 0 radical (unpaired) electrons. The van der Waals surface area contributed by atoms with Crippen LogP contribution in [-0.2, 0) is 18.4 Å². The topological polar surface area (TPSA) is 105 Å². The van der Waals surface area contributed by atoms with E-state index in [1.165, 1.54) is 212 Å². The summed E-state index contributed by atoms with van der Waals surface area (Å²) < 4.78 is 23.5. The largest absolute Gasteiger partial charge is 0.472 e. The number of quaternary nitrogens is 1. The molecule has 0 aliphatic heterocycles. The lowest BCUT2D eigenvalue weighted by molar-refractivity contribution is -0.870. The molecule has 408 valence electrons. The number of amides is 1. The molecule has 0 fully saturated rings. The van der Waals surface area contributed by atoms with Crippen molar-refractivity contribution in [3.63, 3.8) is 0 Å². The molecule has 0 saturated carbocycles. The Morgan fingerprint density at radius 3 is 1.20 bits per heavy atom. The summed E-state index contributed by atoms with van der Waals surface area (Å²) in [5.41, 5.74) is 0. The second-order valence-electron chi connectivity index (χ2n) is 21.7. The second-order valence-corrected chi connectivity index (χ2v) is 23.2. The smallest absolute Gasteiger partial charge is 0.391 e. The Bertz CT molecular complexity index is 1220. The van der Waals surface area contributed by atoms with Gasteiger partial charge in [-0.2, -0.15) is 0 Å². The van der Waals surface area contributed by atoms with E-state index in [1.54, 1.807) is 0 Å². The summed E-state index contributed by atoms with van der Waals surface area (Å²) in [7, 11) is 1.62. The number of aliphatic hydroxyl groups excluding tert-OH is 1. The number of carbonyl (C=O) groups is 1. The molecule has 0 spiro atoms. The van der Waals surface area contributed by atoms with Crippen LogP contribution in [0.3, 0.4) is 0 Å². The molecule has 0 aromatic rings. The fourth-order valence-electron chi connectivity index (χ4n) is 8.94. The van der Waals surface area contributed by atoms with E-state index in [0.29, 0.717) is 23.9 Å². The zero-order chi connectivity index (χ0) is 50.6. The maximum absolute atomic E-state index is 12.9. The third-order valence-corrected chi connectivity index (χ3v) is 14.6. The minimum Gasteiger partial charge on any atom is -0.391 e. The van der Waals surface area contributed by atoms with Crippen molar-refractivity contribution < 1.29 is 32.9 Å². The molecule has 69 heavy (non-hydrogen) atoms. The van der Waals surface area contributed by atoms with Crippen LogP contribution in [0.1, 0.15) is 290 Å². The van der Waals surface area contributed by atoms with E-state index in [4.69, 9.17) is 9.05 Å². The van der Waals surface area contributed by atoms with Crippen LogP contribution in [0.15, 0.2) is 36.5 Å². The number of phosphoric ester groups is 1. The maximum atomic E-state index is 12.9. The first-order valence-corrected chi connectivity index (χ1v) is 31.3. The number of likely N-dealkylation sites (N-methyl/N-ethyl adjacent to an activating group) is 1. The Balaban J connectivity index is 3.67. The molecule has 0 saturated heterocycles. The molecule has 0 aliphatic rings. The summed E-state index contributed by atoms with van der Waals surface area (Å²) in [6.45, 7) is 4.83. The summed E-state index contributed by atoms with van der Waals surface area (Å²) in [5, 5.41) is 13.8. The van der Waals surface area contributed by atoms with Gasteiger partial charge in [-0.25, -0.2) is 4.57 Å². The standard InChI is InChI=1S/C60H117N2O6P/c1-6-8-10-12-14-15-16-17-18-19-20-21-22-23-24-25-26-27-28-29-30-31-32-33-34-35-36-37-38-39-40-41-42-43-44-45-46-47-48-50-52-54-60(64)61-58(59(63)53-51-49-13-11-9-7-2)57-68-69(65,66)67-56-55-62(3,4)5/h16-17,19-20,22-23,58-59,63H,6-15,18,21,24-57H2,1-5H3,(H-,61,64,65,66)/p+1/b17-16-,20-19-,23-22-. The number of hydrogen-bond acceptors (Lipinski definition) is 5. The SMILES string of the molecule is CCCCCCC/C=C\C/C=C\C/C=C\CCCCCCCCCCCCCCCCCCCCCCCCCCCCC(=O)NC(COP(=O)(O)OCC[N+](C)(C)C)C(O)CCCCCCCC. The van der Waals surface area contributed by atoms with Crippen LogP contribution in [0.25, 0.3) is 0 Å². The predicted molar refractivity (Wildman–Crippen MR) is 300 cm³/mol.